The fourth-order valence-corrected chi connectivity index (χ4v) is 5.11. The summed E-state index contributed by atoms with van der Waals surface area (Å²) >= 11 is 0. The monoisotopic (exact) mass is 536 g/mol. The third-order valence-corrected chi connectivity index (χ3v) is 7.91. The van der Waals surface area contributed by atoms with Gasteiger partial charge in [0.2, 0.25) is 0 Å². The SMILES string of the molecule is CCN(C)c1ccc(Oc2c(C)cc(C(C)(C)c3cc(C)c(Oc4ccc(N(C)C)cc4)c(C)c3)cc2C)cc1. The Morgan fingerprint density at radius 2 is 0.925 bits per heavy atom. The van der Waals surface area contributed by atoms with Crippen LogP contribution in [0.5, 0.6) is 23.0 Å². The highest BCUT2D eigenvalue weighted by atomic mass is 16.5. The fraction of sp³-hybridized carbons (Fsp3) is 0.333. The van der Waals surface area contributed by atoms with Gasteiger partial charge in [-0.25, -0.2) is 0 Å². The highest BCUT2D eigenvalue weighted by Gasteiger charge is 2.26. The quantitative estimate of drug-likeness (QED) is 0.213. The highest BCUT2D eigenvalue weighted by Crippen LogP contribution is 2.40. The molecular weight excluding hydrogens is 492 g/mol. The molecule has 0 aliphatic carbocycles. The number of rotatable bonds is 9. The van der Waals surface area contributed by atoms with E-state index in [1.54, 1.807) is 0 Å². The van der Waals surface area contributed by atoms with Gasteiger partial charge in [0.05, 0.1) is 0 Å². The van der Waals surface area contributed by atoms with Crippen molar-refractivity contribution >= 4 is 11.4 Å². The van der Waals surface area contributed by atoms with Crippen LogP contribution in [0, 0.1) is 27.7 Å². The van der Waals surface area contributed by atoms with Crippen molar-refractivity contribution in [2.75, 3.05) is 37.5 Å². The molecule has 4 nitrogen and oxygen atoms in total. The minimum absolute atomic E-state index is 0.193. The Balaban J connectivity index is 1.58. The van der Waals surface area contributed by atoms with Crippen molar-refractivity contribution in [1.29, 1.82) is 0 Å². The van der Waals surface area contributed by atoms with Crippen molar-refractivity contribution in [1.82, 2.24) is 0 Å². The number of aryl methyl sites for hydroxylation is 4. The van der Waals surface area contributed by atoms with E-state index in [0.717, 1.165) is 57.5 Å². The van der Waals surface area contributed by atoms with E-state index in [1.807, 2.05) is 38.4 Å². The predicted molar refractivity (Wildman–Crippen MR) is 170 cm³/mol. The van der Waals surface area contributed by atoms with Crippen LogP contribution in [0.1, 0.15) is 54.2 Å². The molecule has 4 aromatic carbocycles. The number of hydrogen-bond donors (Lipinski definition) is 0. The molecule has 0 N–H and O–H groups in total. The Morgan fingerprint density at radius 3 is 1.25 bits per heavy atom. The molecule has 210 valence electrons. The molecule has 0 heterocycles. The van der Waals surface area contributed by atoms with Gasteiger partial charge in [-0.2, -0.15) is 0 Å². The van der Waals surface area contributed by atoms with Gasteiger partial charge in [0.25, 0.3) is 0 Å². The first-order valence-electron chi connectivity index (χ1n) is 14.1. The van der Waals surface area contributed by atoms with Gasteiger partial charge in [0, 0.05) is 44.5 Å². The summed E-state index contributed by atoms with van der Waals surface area (Å²) in [6.07, 6.45) is 0. The smallest absolute Gasteiger partial charge is 0.133 e. The summed E-state index contributed by atoms with van der Waals surface area (Å²) in [5, 5.41) is 0. The Labute approximate surface area is 241 Å². The molecule has 0 amide bonds. The summed E-state index contributed by atoms with van der Waals surface area (Å²) in [6.45, 7) is 16.2. The average molecular weight is 537 g/mol. The summed E-state index contributed by atoms with van der Waals surface area (Å²) in [4.78, 5) is 4.30. The largest absolute Gasteiger partial charge is 0.457 e. The van der Waals surface area contributed by atoms with E-state index in [4.69, 9.17) is 9.47 Å². The van der Waals surface area contributed by atoms with Crippen LogP contribution in [0.25, 0.3) is 0 Å². The van der Waals surface area contributed by atoms with Crippen LogP contribution in [0.4, 0.5) is 11.4 Å². The van der Waals surface area contributed by atoms with Gasteiger partial charge in [-0.3, -0.25) is 0 Å². The van der Waals surface area contributed by atoms with Gasteiger partial charge >= 0.3 is 0 Å². The molecule has 0 saturated heterocycles. The van der Waals surface area contributed by atoms with Gasteiger partial charge in [-0.15, -0.1) is 0 Å². The number of anilines is 2. The third-order valence-electron chi connectivity index (χ3n) is 7.91. The zero-order valence-corrected chi connectivity index (χ0v) is 25.8. The summed E-state index contributed by atoms with van der Waals surface area (Å²) in [5.74, 6) is 3.54. The molecule has 0 saturated carbocycles. The molecule has 4 aromatic rings. The van der Waals surface area contributed by atoms with Crippen molar-refractivity contribution in [3.8, 4) is 23.0 Å². The van der Waals surface area contributed by atoms with Crippen LogP contribution in [-0.2, 0) is 5.41 Å². The van der Waals surface area contributed by atoms with Crippen LogP contribution in [0.2, 0.25) is 0 Å². The molecule has 0 unspecified atom stereocenters. The lowest BCUT2D eigenvalue weighted by molar-refractivity contribution is 0.473. The predicted octanol–water partition coefficient (Wildman–Crippen LogP) is 9.35. The lowest BCUT2D eigenvalue weighted by atomic mass is 9.76. The second kappa shape index (κ2) is 11.7. The van der Waals surface area contributed by atoms with Crippen molar-refractivity contribution in [2.45, 2.75) is 53.9 Å². The number of nitrogens with zero attached hydrogens (tertiary/aromatic N) is 2. The first kappa shape index (κ1) is 29.1. The second-order valence-corrected chi connectivity index (χ2v) is 11.6. The van der Waals surface area contributed by atoms with Gasteiger partial charge in [-0.1, -0.05) is 38.1 Å². The van der Waals surface area contributed by atoms with Crippen LogP contribution in [0.3, 0.4) is 0 Å². The second-order valence-electron chi connectivity index (χ2n) is 11.6. The molecule has 0 radical (unpaired) electrons. The Morgan fingerprint density at radius 1 is 0.575 bits per heavy atom. The number of benzene rings is 4. The minimum Gasteiger partial charge on any atom is -0.457 e. The molecule has 4 heteroatoms. The molecule has 0 aliphatic rings. The van der Waals surface area contributed by atoms with Crippen LogP contribution >= 0.6 is 0 Å². The molecular formula is C36H44N2O2. The summed E-state index contributed by atoms with van der Waals surface area (Å²) in [5.41, 5.74) is 9.20. The van der Waals surface area contributed by atoms with Crippen molar-refractivity contribution in [3.05, 3.63) is 106 Å². The maximum absolute atomic E-state index is 6.37. The van der Waals surface area contributed by atoms with Gasteiger partial charge in [0.15, 0.2) is 0 Å². The topological polar surface area (TPSA) is 24.9 Å². The number of hydrogen-bond acceptors (Lipinski definition) is 4. The minimum atomic E-state index is -0.193. The summed E-state index contributed by atoms with van der Waals surface area (Å²) in [7, 11) is 6.18. The first-order chi connectivity index (χ1) is 18.9. The van der Waals surface area contributed by atoms with E-state index in [9.17, 15) is 0 Å². The van der Waals surface area contributed by atoms with E-state index < -0.39 is 0 Å². The van der Waals surface area contributed by atoms with Gasteiger partial charge in [-0.05, 0) is 117 Å². The molecule has 0 fully saturated rings. The highest BCUT2D eigenvalue weighted by molar-refractivity contribution is 5.55. The van der Waals surface area contributed by atoms with Crippen LogP contribution in [-0.4, -0.2) is 27.7 Å². The van der Waals surface area contributed by atoms with Crippen LogP contribution in [0.15, 0.2) is 72.8 Å². The molecule has 0 aromatic heterocycles. The lowest BCUT2D eigenvalue weighted by Gasteiger charge is -2.29. The zero-order valence-electron chi connectivity index (χ0n) is 25.8. The lowest BCUT2D eigenvalue weighted by Crippen LogP contribution is -2.20. The van der Waals surface area contributed by atoms with Gasteiger partial charge < -0.3 is 19.3 Å². The molecule has 0 spiro atoms. The Kier molecular flexibility index (Phi) is 8.48. The zero-order chi connectivity index (χ0) is 29.2. The van der Waals surface area contributed by atoms with Crippen molar-refractivity contribution in [2.24, 2.45) is 0 Å². The Bertz CT molecular complexity index is 1420. The maximum atomic E-state index is 6.37. The first-order valence-corrected chi connectivity index (χ1v) is 14.1. The molecule has 4 rings (SSSR count). The normalized spacial score (nSPS) is 11.3. The van der Waals surface area contributed by atoms with E-state index in [2.05, 4.69) is 114 Å². The molecule has 0 aliphatic heterocycles. The fourth-order valence-electron chi connectivity index (χ4n) is 5.11. The summed E-state index contributed by atoms with van der Waals surface area (Å²) in [6, 6.07) is 25.6. The maximum Gasteiger partial charge on any atom is 0.133 e. The Hall–Kier alpha value is -3.92. The third kappa shape index (κ3) is 6.12. The van der Waals surface area contributed by atoms with E-state index >= 15 is 0 Å². The standard InChI is InChI=1S/C36H44N2O2/c1-11-38(10)31-14-18-33(19-15-31)40-35-26(4)22-29(23-27(35)5)36(6,7)28-20-24(2)34(25(3)21-28)39-32-16-12-30(13-17-32)37(8)9/h12-23H,11H2,1-10H3. The van der Waals surface area contributed by atoms with E-state index in [0.29, 0.717) is 0 Å². The average Bonchev–Trinajstić information content (AvgIpc) is 2.92. The molecule has 0 bridgehead atoms. The van der Waals surface area contributed by atoms with E-state index in [-0.39, 0.29) is 5.41 Å². The van der Waals surface area contributed by atoms with Gasteiger partial charge in [0.1, 0.15) is 23.0 Å². The molecule has 40 heavy (non-hydrogen) atoms. The molecule has 0 atom stereocenters. The van der Waals surface area contributed by atoms with Crippen LogP contribution < -0.4 is 19.3 Å². The van der Waals surface area contributed by atoms with Crippen molar-refractivity contribution < 1.29 is 9.47 Å². The number of ether oxygens (including phenoxy) is 2. The van der Waals surface area contributed by atoms with E-state index in [1.165, 1.54) is 16.8 Å². The summed E-state index contributed by atoms with van der Waals surface area (Å²) < 4.78 is 12.7. The van der Waals surface area contributed by atoms with Crippen molar-refractivity contribution in [3.63, 3.8) is 0 Å².